The Morgan fingerprint density at radius 3 is 2.64 bits per heavy atom. The lowest BCUT2D eigenvalue weighted by Gasteiger charge is -2.34. The van der Waals surface area contributed by atoms with E-state index >= 15 is 0 Å². The number of hydrogen-bond acceptors (Lipinski definition) is 2. The zero-order chi connectivity index (χ0) is 8.43. The van der Waals surface area contributed by atoms with Gasteiger partial charge in [0.1, 0.15) is 12.1 Å². The van der Waals surface area contributed by atoms with Crippen molar-refractivity contribution in [1.82, 2.24) is 0 Å². The van der Waals surface area contributed by atoms with Crippen LogP contribution in [0.1, 0.15) is 13.8 Å². The molecule has 0 amide bonds. The SMILES string of the molecule is CC1[NH2+]CC(CO)C(C)C1O. The van der Waals surface area contributed by atoms with Crippen molar-refractivity contribution in [2.75, 3.05) is 13.2 Å². The Morgan fingerprint density at radius 1 is 1.45 bits per heavy atom. The lowest BCUT2D eigenvalue weighted by molar-refractivity contribution is -0.711. The second-order valence-electron chi connectivity index (χ2n) is 3.62. The lowest BCUT2D eigenvalue weighted by Crippen LogP contribution is -2.96. The Morgan fingerprint density at radius 2 is 2.09 bits per heavy atom. The first-order valence-corrected chi connectivity index (χ1v) is 4.29. The van der Waals surface area contributed by atoms with E-state index in [2.05, 4.69) is 5.32 Å². The van der Waals surface area contributed by atoms with Crippen LogP contribution < -0.4 is 5.32 Å². The fraction of sp³-hybridized carbons (Fsp3) is 1.00. The quantitative estimate of drug-likeness (QED) is 0.440. The van der Waals surface area contributed by atoms with Crippen molar-refractivity contribution in [1.29, 1.82) is 0 Å². The topological polar surface area (TPSA) is 57.1 Å². The van der Waals surface area contributed by atoms with Crippen molar-refractivity contribution in [2.45, 2.75) is 26.0 Å². The fourth-order valence-corrected chi connectivity index (χ4v) is 1.74. The molecule has 0 aliphatic carbocycles. The maximum atomic E-state index is 9.61. The Hall–Kier alpha value is -0.120. The molecular weight excluding hydrogens is 142 g/mol. The molecule has 0 aromatic rings. The summed E-state index contributed by atoms with van der Waals surface area (Å²) in [4.78, 5) is 0. The van der Waals surface area contributed by atoms with Gasteiger partial charge in [0.05, 0.1) is 13.2 Å². The molecule has 0 radical (unpaired) electrons. The molecule has 1 aliphatic rings. The predicted molar refractivity (Wildman–Crippen MR) is 42.0 cm³/mol. The van der Waals surface area contributed by atoms with E-state index in [9.17, 15) is 5.11 Å². The van der Waals surface area contributed by atoms with Crippen molar-refractivity contribution in [3.63, 3.8) is 0 Å². The van der Waals surface area contributed by atoms with Gasteiger partial charge in [-0.15, -0.1) is 0 Å². The largest absolute Gasteiger partial charge is 0.396 e. The molecular formula is C8H18NO2+. The maximum absolute atomic E-state index is 9.61. The zero-order valence-electron chi connectivity index (χ0n) is 7.20. The minimum Gasteiger partial charge on any atom is -0.396 e. The first kappa shape index (κ1) is 8.97. The molecule has 1 heterocycles. The molecule has 4 atom stereocenters. The molecule has 1 rings (SSSR count). The summed E-state index contributed by atoms with van der Waals surface area (Å²) >= 11 is 0. The van der Waals surface area contributed by atoms with Gasteiger partial charge < -0.3 is 15.5 Å². The van der Waals surface area contributed by atoms with Gasteiger partial charge in [-0.05, 0) is 12.8 Å². The Balaban J connectivity index is 2.52. The van der Waals surface area contributed by atoms with Crippen LogP contribution in [0.15, 0.2) is 0 Å². The van der Waals surface area contributed by atoms with Gasteiger partial charge in [-0.3, -0.25) is 0 Å². The van der Waals surface area contributed by atoms with Crippen LogP contribution in [-0.4, -0.2) is 35.5 Å². The molecule has 0 saturated carbocycles. The van der Waals surface area contributed by atoms with Gasteiger partial charge in [0, 0.05) is 5.92 Å². The number of rotatable bonds is 1. The fourth-order valence-electron chi connectivity index (χ4n) is 1.74. The molecule has 1 aliphatic heterocycles. The summed E-state index contributed by atoms with van der Waals surface area (Å²) in [7, 11) is 0. The van der Waals surface area contributed by atoms with E-state index in [4.69, 9.17) is 5.11 Å². The number of aliphatic hydroxyl groups excluding tert-OH is 2. The van der Waals surface area contributed by atoms with Crippen LogP contribution in [0.2, 0.25) is 0 Å². The molecule has 0 aromatic heterocycles. The molecule has 0 spiro atoms. The monoisotopic (exact) mass is 160 g/mol. The molecule has 4 N–H and O–H groups in total. The molecule has 4 unspecified atom stereocenters. The van der Waals surface area contributed by atoms with Crippen LogP contribution in [0, 0.1) is 11.8 Å². The first-order valence-electron chi connectivity index (χ1n) is 4.29. The zero-order valence-corrected chi connectivity index (χ0v) is 7.20. The van der Waals surface area contributed by atoms with E-state index in [1.807, 2.05) is 13.8 Å². The van der Waals surface area contributed by atoms with Crippen molar-refractivity contribution in [3.8, 4) is 0 Å². The van der Waals surface area contributed by atoms with E-state index in [0.29, 0.717) is 0 Å². The summed E-state index contributed by atoms with van der Waals surface area (Å²) in [5.74, 6) is 0.501. The Bertz CT molecular complexity index is 127. The third-order valence-corrected chi connectivity index (χ3v) is 2.87. The van der Waals surface area contributed by atoms with E-state index in [1.54, 1.807) is 0 Å². The summed E-state index contributed by atoms with van der Waals surface area (Å²) < 4.78 is 0. The molecule has 11 heavy (non-hydrogen) atoms. The van der Waals surface area contributed by atoms with Crippen LogP contribution in [0.4, 0.5) is 0 Å². The van der Waals surface area contributed by atoms with Crippen molar-refractivity contribution in [3.05, 3.63) is 0 Å². The highest BCUT2D eigenvalue weighted by atomic mass is 16.3. The molecule has 1 saturated heterocycles. The van der Waals surface area contributed by atoms with Gasteiger partial charge >= 0.3 is 0 Å². The van der Waals surface area contributed by atoms with Gasteiger partial charge in [0.15, 0.2) is 0 Å². The summed E-state index contributed by atoms with van der Waals surface area (Å²) in [6.45, 7) is 5.17. The number of aliphatic hydroxyl groups is 2. The van der Waals surface area contributed by atoms with E-state index in [1.165, 1.54) is 0 Å². The van der Waals surface area contributed by atoms with E-state index < -0.39 is 0 Å². The number of piperidine rings is 1. The first-order chi connectivity index (χ1) is 5.16. The summed E-state index contributed by atoms with van der Waals surface area (Å²) in [6, 6.07) is 0.285. The highest BCUT2D eigenvalue weighted by molar-refractivity contribution is 4.78. The average molecular weight is 160 g/mol. The number of nitrogens with two attached hydrogens (primary N) is 1. The van der Waals surface area contributed by atoms with Gasteiger partial charge in [0.2, 0.25) is 0 Å². The van der Waals surface area contributed by atoms with Gasteiger partial charge in [-0.25, -0.2) is 0 Å². The van der Waals surface area contributed by atoms with Gasteiger partial charge in [0.25, 0.3) is 0 Å². The molecule has 0 aromatic carbocycles. The summed E-state index contributed by atoms with van der Waals surface area (Å²) in [5, 5.41) is 20.6. The van der Waals surface area contributed by atoms with E-state index in [0.717, 1.165) is 6.54 Å². The normalized spacial score (nSPS) is 45.8. The molecule has 0 bridgehead atoms. The summed E-state index contributed by atoms with van der Waals surface area (Å²) in [6.07, 6.45) is -0.263. The predicted octanol–water partition coefficient (Wildman–Crippen LogP) is -1.44. The third kappa shape index (κ3) is 1.72. The highest BCUT2D eigenvalue weighted by Gasteiger charge is 2.35. The van der Waals surface area contributed by atoms with Crippen molar-refractivity contribution >= 4 is 0 Å². The number of hydrogen-bond donors (Lipinski definition) is 3. The smallest absolute Gasteiger partial charge is 0.110 e. The van der Waals surface area contributed by atoms with Crippen LogP contribution in [0.25, 0.3) is 0 Å². The van der Waals surface area contributed by atoms with Crippen LogP contribution in [0.3, 0.4) is 0 Å². The standard InChI is InChI=1S/C8H17NO2/c1-5-7(4-10)3-9-6(2)8(5)11/h5-11H,3-4H2,1-2H3/p+1. The van der Waals surface area contributed by atoms with Crippen LogP contribution >= 0.6 is 0 Å². The third-order valence-electron chi connectivity index (χ3n) is 2.87. The van der Waals surface area contributed by atoms with Crippen LogP contribution in [0.5, 0.6) is 0 Å². The van der Waals surface area contributed by atoms with Crippen molar-refractivity contribution in [2.24, 2.45) is 11.8 Å². The summed E-state index contributed by atoms with van der Waals surface area (Å²) in [5.41, 5.74) is 0. The van der Waals surface area contributed by atoms with Crippen LogP contribution in [-0.2, 0) is 0 Å². The minimum atomic E-state index is -0.263. The number of quaternary nitrogens is 1. The average Bonchev–Trinajstić information content (AvgIpc) is 2.01. The van der Waals surface area contributed by atoms with Crippen molar-refractivity contribution < 1.29 is 15.5 Å². The second kappa shape index (κ2) is 3.52. The van der Waals surface area contributed by atoms with Gasteiger partial charge in [-0.1, -0.05) is 6.92 Å². The molecule has 1 fully saturated rings. The maximum Gasteiger partial charge on any atom is 0.110 e. The second-order valence-corrected chi connectivity index (χ2v) is 3.62. The minimum absolute atomic E-state index is 0.196. The molecule has 3 heteroatoms. The van der Waals surface area contributed by atoms with E-state index in [-0.39, 0.29) is 30.6 Å². The molecule has 3 nitrogen and oxygen atoms in total. The highest BCUT2D eigenvalue weighted by Crippen LogP contribution is 2.18. The lowest BCUT2D eigenvalue weighted by atomic mass is 9.83. The Labute approximate surface area is 67.4 Å². The Kier molecular flexibility index (Phi) is 2.87. The molecule has 66 valence electrons. The van der Waals surface area contributed by atoms with Gasteiger partial charge in [-0.2, -0.15) is 0 Å².